The monoisotopic (exact) mass is 857 g/mol. The average molecular weight is 857 g/mol. The highest BCUT2D eigenvalue weighted by Gasteiger charge is 2.24. The third-order valence-electron chi connectivity index (χ3n) is 11.8. The largest absolute Gasteiger partial charge is 0.756 e. The van der Waals surface area contributed by atoms with Gasteiger partial charge in [-0.05, 0) is 38.5 Å². The first-order valence-electron chi connectivity index (χ1n) is 25.5. The third kappa shape index (κ3) is 45.1. The van der Waals surface area contributed by atoms with E-state index in [0.717, 1.165) is 51.4 Å². The lowest BCUT2D eigenvalue weighted by Gasteiger charge is -2.30. The molecule has 0 aliphatic rings. The van der Waals surface area contributed by atoms with Crippen molar-refractivity contribution in [2.24, 2.45) is 0 Å². The van der Waals surface area contributed by atoms with Crippen LogP contribution in [0.25, 0.3) is 0 Å². The fraction of sp³-hybridized carbons (Fsp3) is 0.940. The number of allylic oxidation sites excluding steroid dienone is 2. The fourth-order valence-electron chi connectivity index (χ4n) is 7.68. The third-order valence-corrected chi connectivity index (χ3v) is 12.7. The molecule has 1 amide bonds. The number of nitrogens with zero attached hydrogens (tertiary/aromatic N) is 1. The highest BCUT2D eigenvalue weighted by Crippen LogP contribution is 2.38. The summed E-state index contributed by atoms with van der Waals surface area (Å²) in [7, 11) is 1.31. The van der Waals surface area contributed by atoms with Crippen molar-refractivity contribution in [3.63, 3.8) is 0 Å². The Morgan fingerprint density at radius 3 is 1.32 bits per heavy atom. The molecule has 0 aromatic rings. The van der Waals surface area contributed by atoms with Gasteiger partial charge in [-0.15, -0.1) is 0 Å². The average Bonchev–Trinajstić information content (AvgIpc) is 3.19. The SMILES string of the molecule is CCCCCCC/C=C\CCCCCCCC(=O)NC(COP(=O)([O-])OCC[N+](C)(C)C)C(O)CCCCCCCCCCCCCCCCCCCCCCCCC. The second kappa shape index (κ2) is 42.5. The summed E-state index contributed by atoms with van der Waals surface area (Å²) in [6.07, 6.45) is 49.4. The van der Waals surface area contributed by atoms with Crippen LogP contribution < -0.4 is 10.2 Å². The van der Waals surface area contributed by atoms with Gasteiger partial charge in [0.15, 0.2) is 0 Å². The first-order valence-corrected chi connectivity index (χ1v) is 27.0. The van der Waals surface area contributed by atoms with Crippen molar-refractivity contribution >= 4 is 13.7 Å². The Balaban J connectivity index is 4.20. The lowest BCUT2D eigenvalue weighted by atomic mass is 10.0. The van der Waals surface area contributed by atoms with Crippen LogP contribution >= 0.6 is 7.82 Å². The normalized spacial score (nSPS) is 14.2. The highest BCUT2D eigenvalue weighted by molar-refractivity contribution is 7.45. The van der Waals surface area contributed by atoms with E-state index in [-0.39, 0.29) is 19.1 Å². The Morgan fingerprint density at radius 1 is 0.576 bits per heavy atom. The number of hydrogen-bond donors (Lipinski definition) is 2. The summed E-state index contributed by atoms with van der Waals surface area (Å²) in [6.45, 7) is 4.73. The molecule has 0 aliphatic carbocycles. The lowest BCUT2D eigenvalue weighted by molar-refractivity contribution is -0.870. The molecule has 0 aromatic carbocycles. The molecule has 0 aromatic heterocycles. The number of aliphatic hydroxyl groups excluding tert-OH is 1. The molecule has 0 saturated carbocycles. The minimum Gasteiger partial charge on any atom is -0.756 e. The van der Waals surface area contributed by atoms with Gasteiger partial charge in [0.05, 0.1) is 39.9 Å². The van der Waals surface area contributed by atoms with Crippen LogP contribution in [0.5, 0.6) is 0 Å². The van der Waals surface area contributed by atoms with Gasteiger partial charge < -0.3 is 28.8 Å². The van der Waals surface area contributed by atoms with E-state index in [2.05, 4.69) is 31.3 Å². The molecule has 0 aliphatic heterocycles. The number of aliphatic hydroxyl groups is 1. The van der Waals surface area contributed by atoms with Crippen LogP contribution in [0, 0.1) is 0 Å². The van der Waals surface area contributed by atoms with Crippen molar-refractivity contribution in [2.45, 2.75) is 264 Å². The Morgan fingerprint density at radius 2 is 0.932 bits per heavy atom. The first-order chi connectivity index (χ1) is 28.5. The predicted octanol–water partition coefficient (Wildman–Crippen LogP) is 14.1. The van der Waals surface area contributed by atoms with Crippen molar-refractivity contribution in [1.29, 1.82) is 0 Å². The maximum absolute atomic E-state index is 12.9. The number of phosphoric ester groups is 1. The zero-order valence-corrected chi connectivity index (χ0v) is 40.9. The second-order valence-corrected chi connectivity index (χ2v) is 20.3. The molecule has 0 fully saturated rings. The standard InChI is InChI=1S/C50H101N2O6P/c1-6-8-10-12-14-16-18-20-22-23-24-25-26-27-28-29-30-31-33-35-37-39-41-43-49(53)48(47-58-59(55,56)57-46-45-52(3,4)5)51-50(54)44-42-40-38-36-34-32-21-19-17-15-13-11-9-7-2/h19,21,48-49,53H,6-18,20,22-47H2,1-5H3,(H-,51,54,55,56)/b21-19-. The maximum atomic E-state index is 12.9. The molecule has 9 heteroatoms. The minimum absolute atomic E-state index is 0.0127. The van der Waals surface area contributed by atoms with Crippen LogP contribution in [-0.2, 0) is 18.4 Å². The van der Waals surface area contributed by atoms with E-state index in [4.69, 9.17) is 9.05 Å². The first kappa shape index (κ1) is 58.2. The van der Waals surface area contributed by atoms with E-state index in [1.807, 2.05) is 21.1 Å². The van der Waals surface area contributed by atoms with Crippen molar-refractivity contribution < 1.29 is 32.9 Å². The predicted molar refractivity (Wildman–Crippen MR) is 252 cm³/mol. The molecule has 352 valence electrons. The number of amides is 1. The summed E-state index contributed by atoms with van der Waals surface area (Å²) in [5.74, 6) is -0.171. The summed E-state index contributed by atoms with van der Waals surface area (Å²) >= 11 is 0. The van der Waals surface area contributed by atoms with Gasteiger partial charge in [0.2, 0.25) is 5.91 Å². The Kier molecular flexibility index (Phi) is 42.0. The number of carbonyl (C=O) groups is 1. The molecular formula is C50H101N2O6P. The van der Waals surface area contributed by atoms with Crippen LogP contribution in [0.4, 0.5) is 0 Å². The molecule has 0 spiro atoms. The van der Waals surface area contributed by atoms with Crippen LogP contribution in [0.3, 0.4) is 0 Å². The summed E-state index contributed by atoms with van der Waals surface area (Å²) in [5.41, 5.74) is 0. The van der Waals surface area contributed by atoms with Crippen LogP contribution in [0.1, 0.15) is 251 Å². The van der Waals surface area contributed by atoms with E-state index < -0.39 is 20.0 Å². The number of hydrogen-bond acceptors (Lipinski definition) is 6. The van der Waals surface area contributed by atoms with Gasteiger partial charge in [-0.25, -0.2) is 0 Å². The molecule has 2 N–H and O–H groups in total. The van der Waals surface area contributed by atoms with Crippen LogP contribution in [-0.4, -0.2) is 68.5 Å². The fourth-order valence-corrected chi connectivity index (χ4v) is 8.41. The molecule has 0 heterocycles. The van der Waals surface area contributed by atoms with Gasteiger partial charge in [0.1, 0.15) is 13.2 Å². The van der Waals surface area contributed by atoms with Gasteiger partial charge in [0.25, 0.3) is 7.82 Å². The van der Waals surface area contributed by atoms with Gasteiger partial charge in [-0.2, -0.15) is 0 Å². The maximum Gasteiger partial charge on any atom is 0.268 e. The number of phosphoric acid groups is 1. The summed E-state index contributed by atoms with van der Waals surface area (Å²) < 4.78 is 23.3. The van der Waals surface area contributed by atoms with E-state index in [9.17, 15) is 19.4 Å². The molecule has 0 rings (SSSR count). The van der Waals surface area contributed by atoms with E-state index in [0.29, 0.717) is 23.9 Å². The van der Waals surface area contributed by atoms with Crippen LogP contribution in [0.15, 0.2) is 12.2 Å². The number of carbonyl (C=O) groups excluding carboxylic acids is 1. The zero-order chi connectivity index (χ0) is 43.6. The number of quaternary nitrogens is 1. The van der Waals surface area contributed by atoms with Crippen molar-refractivity contribution in [3.8, 4) is 0 Å². The van der Waals surface area contributed by atoms with E-state index in [1.165, 1.54) is 173 Å². The molecule has 0 bridgehead atoms. The van der Waals surface area contributed by atoms with Gasteiger partial charge in [-0.3, -0.25) is 9.36 Å². The molecule has 3 unspecified atom stereocenters. The summed E-state index contributed by atoms with van der Waals surface area (Å²) in [5, 5.41) is 14.0. The topological polar surface area (TPSA) is 108 Å². The lowest BCUT2D eigenvalue weighted by Crippen LogP contribution is -2.46. The molecule has 3 atom stereocenters. The van der Waals surface area contributed by atoms with Crippen molar-refractivity contribution in [2.75, 3.05) is 40.9 Å². The molecule has 0 saturated heterocycles. The second-order valence-electron chi connectivity index (χ2n) is 18.9. The number of unbranched alkanes of at least 4 members (excludes halogenated alkanes) is 32. The van der Waals surface area contributed by atoms with Crippen LogP contribution in [0.2, 0.25) is 0 Å². The number of rotatable bonds is 47. The molecule has 59 heavy (non-hydrogen) atoms. The number of likely N-dealkylation sites (N-methyl/N-ethyl adjacent to an activating group) is 1. The molecular weight excluding hydrogens is 756 g/mol. The Labute approximate surface area is 367 Å². The zero-order valence-electron chi connectivity index (χ0n) is 40.0. The molecule has 0 radical (unpaired) electrons. The Hall–Kier alpha value is -0.760. The Bertz CT molecular complexity index is 974. The smallest absolute Gasteiger partial charge is 0.268 e. The van der Waals surface area contributed by atoms with E-state index in [1.54, 1.807) is 0 Å². The van der Waals surface area contributed by atoms with E-state index >= 15 is 0 Å². The van der Waals surface area contributed by atoms with Gasteiger partial charge in [0, 0.05) is 6.42 Å². The van der Waals surface area contributed by atoms with Crippen molar-refractivity contribution in [3.05, 3.63) is 12.2 Å². The minimum atomic E-state index is -4.57. The molecule has 8 nitrogen and oxygen atoms in total. The van der Waals surface area contributed by atoms with Crippen molar-refractivity contribution in [1.82, 2.24) is 5.32 Å². The van der Waals surface area contributed by atoms with Gasteiger partial charge in [-0.1, -0.05) is 219 Å². The summed E-state index contributed by atoms with van der Waals surface area (Å²) in [4.78, 5) is 25.4. The van der Waals surface area contributed by atoms with Gasteiger partial charge >= 0.3 is 0 Å². The highest BCUT2D eigenvalue weighted by atomic mass is 31.2. The summed E-state index contributed by atoms with van der Waals surface area (Å²) in [6, 6.07) is -0.801. The quantitative estimate of drug-likeness (QED) is 0.0273. The number of nitrogens with one attached hydrogen (secondary N) is 1.